The van der Waals surface area contributed by atoms with E-state index < -0.39 is 17.9 Å². The number of aliphatic hydroxyl groups excluding tert-OH is 1. The quantitative estimate of drug-likeness (QED) is 0.259. The number of rotatable bonds is 11. The normalized spacial score (nSPS) is 15.0. The molecule has 0 aromatic heterocycles. The van der Waals surface area contributed by atoms with E-state index in [9.17, 15) is 14.7 Å². The number of benzene rings is 2. The van der Waals surface area contributed by atoms with Crippen LogP contribution in [0, 0.1) is 5.92 Å². The lowest BCUT2D eigenvalue weighted by atomic mass is 9.95. The number of methoxy groups -OCH3 is 3. The third kappa shape index (κ3) is 7.17. The van der Waals surface area contributed by atoms with Gasteiger partial charge in [0.15, 0.2) is 0 Å². The zero-order valence-corrected chi connectivity index (χ0v) is 22.4. The Morgan fingerprint density at radius 1 is 1.03 bits per heavy atom. The van der Waals surface area contributed by atoms with Crippen molar-refractivity contribution in [3.63, 3.8) is 0 Å². The highest BCUT2D eigenvalue weighted by Gasteiger charge is 2.30. The van der Waals surface area contributed by atoms with Gasteiger partial charge in [-0.25, -0.2) is 4.79 Å². The summed E-state index contributed by atoms with van der Waals surface area (Å²) in [4.78, 5) is 30.6. The van der Waals surface area contributed by atoms with Gasteiger partial charge < -0.3 is 29.5 Å². The topological polar surface area (TPSA) is 116 Å². The lowest BCUT2D eigenvalue weighted by Gasteiger charge is -2.23. The number of nitrogens with one attached hydrogen (secondary N) is 1. The predicted octanol–water partition coefficient (Wildman–Crippen LogP) is 3.21. The maximum atomic E-state index is 13.1. The van der Waals surface area contributed by atoms with E-state index in [1.165, 1.54) is 14.2 Å². The first-order valence-corrected chi connectivity index (χ1v) is 13.1. The molecule has 0 saturated carbocycles. The molecule has 9 nitrogen and oxygen atoms in total. The number of nitrogens with zero attached hydrogens (tertiary/aromatic N) is 1. The summed E-state index contributed by atoms with van der Waals surface area (Å²) in [6.45, 7) is -0.136. The van der Waals surface area contributed by atoms with Gasteiger partial charge in [-0.3, -0.25) is 4.79 Å². The van der Waals surface area contributed by atoms with Crippen LogP contribution < -0.4 is 14.8 Å². The molecule has 0 aliphatic carbocycles. The molecule has 10 heteroatoms. The van der Waals surface area contributed by atoms with Gasteiger partial charge in [0.1, 0.15) is 30.4 Å². The molecule has 1 atom stereocenters. The summed E-state index contributed by atoms with van der Waals surface area (Å²) < 4.78 is 16.0. The first-order valence-electron chi connectivity index (χ1n) is 12.0. The second-order valence-electron chi connectivity index (χ2n) is 8.53. The minimum atomic E-state index is -0.892. The number of aliphatic hydroxyl groups is 1. The average Bonchev–Trinajstić information content (AvgIpc) is 2.95. The third-order valence-corrected chi connectivity index (χ3v) is 7.30. The van der Waals surface area contributed by atoms with Gasteiger partial charge in [0.05, 0.1) is 33.5 Å². The highest BCUT2D eigenvalue weighted by molar-refractivity contribution is 7.99. The monoisotopic (exact) mass is 530 g/mol. The molecule has 37 heavy (non-hydrogen) atoms. The van der Waals surface area contributed by atoms with Crippen LogP contribution in [0.3, 0.4) is 0 Å². The van der Waals surface area contributed by atoms with Gasteiger partial charge in [0.25, 0.3) is 5.91 Å². The predicted molar refractivity (Wildman–Crippen MR) is 143 cm³/mol. The van der Waals surface area contributed by atoms with Crippen LogP contribution in [0.1, 0.15) is 24.0 Å². The van der Waals surface area contributed by atoms with Gasteiger partial charge in [-0.15, -0.1) is 0 Å². The van der Waals surface area contributed by atoms with Crippen LogP contribution >= 0.6 is 11.8 Å². The molecular formula is C27H34N2O7S. The van der Waals surface area contributed by atoms with Crippen molar-refractivity contribution in [3.05, 3.63) is 47.5 Å². The van der Waals surface area contributed by atoms with Gasteiger partial charge >= 0.3 is 5.97 Å². The first-order chi connectivity index (χ1) is 17.9. The number of hydrogen-bond acceptors (Lipinski definition) is 9. The zero-order valence-electron chi connectivity index (χ0n) is 21.6. The molecular weight excluding hydrogens is 496 g/mol. The summed E-state index contributed by atoms with van der Waals surface area (Å²) in [6.07, 6.45) is 1.89. The van der Waals surface area contributed by atoms with Crippen LogP contribution in [-0.4, -0.2) is 68.7 Å². The summed E-state index contributed by atoms with van der Waals surface area (Å²) in [5.41, 5.74) is 3.39. The Labute approximate surface area is 221 Å². The fourth-order valence-corrected chi connectivity index (χ4v) is 5.43. The highest BCUT2D eigenvalue weighted by atomic mass is 32.2. The number of thioether (sulfide) groups is 1. The molecule has 2 N–H and O–H groups in total. The minimum absolute atomic E-state index is 0.0130. The van der Waals surface area contributed by atoms with E-state index in [2.05, 4.69) is 10.5 Å². The maximum absolute atomic E-state index is 13.1. The molecule has 200 valence electrons. The number of amides is 1. The van der Waals surface area contributed by atoms with E-state index in [1.807, 2.05) is 36.0 Å². The number of ether oxygens (including phenoxy) is 3. The van der Waals surface area contributed by atoms with Crippen molar-refractivity contribution < 1.29 is 33.7 Å². The molecule has 1 heterocycles. The number of carbonyl (C=O) groups is 2. The van der Waals surface area contributed by atoms with E-state index in [1.54, 1.807) is 26.4 Å². The Balaban J connectivity index is 1.81. The second-order valence-corrected chi connectivity index (χ2v) is 9.75. The van der Waals surface area contributed by atoms with Crippen molar-refractivity contribution in [2.45, 2.75) is 31.9 Å². The van der Waals surface area contributed by atoms with Crippen molar-refractivity contribution in [1.82, 2.24) is 5.32 Å². The number of oxime groups is 1. The fraction of sp³-hybridized carbons (Fsp3) is 0.444. The summed E-state index contributed by atoms with van der Waals surface area (Å²) in [7, 11) is 5.82. The molecule has 0 bridgehead atoms. The van der Waals surface area contributed by atoms with Crippen molar-refractivity contribution in [2.24, 2.45) is 11.1 Å². The Bertz CT molecular complexity index is 1070. The Hall–Kier alpha value is -3.24. The van der Waals surface area contributed by atoms with E-state index in [4.69, 9.17) is 19.0 Å². The summed E-state index contributed by atoms with van der Waals surface area (Å²) in [5.74, 6) is 2.06. The minimum Gasteiger partial charge on any atom is -0.496 e. The summed E-state index contributed by atoms with van der Waals surface area (Å²) in [5, 5.41) is 16.3. The molecule has 3 rings (SSSR count). The Morgan fingerprint density at radius 2 is 1.65 bits per heavy atom. The standard InChI is InChI=1S/C27H34N2O7S/c1-33-22-14-18(16-30)15-23(34-2)24(22)19-7-5-17(6-8-19)13-21(27(32)35-3)28-26(31)25(29-36-4)20-9-11-37-12-10-20/h5-8,14-15,20-21,30H,9-13,16H2,1-4H3,(H,28,31)/t21-/m0/s1. The first kappa shape index (κ1) is 28.3. The second kappa shape index (κ2) is 13.9. The molecule has 2 aromatic carbocycles. The van der Waals surface area contributed by atoms with E-state index >= 15 is 0 Å². The van der Waals surface area contributed by atoms with Gasteiger partial charge in [-0.1, -0.05) is 29.4 Å². The molecule has 0 radical (unpaired) electrons. The largest absolute Gasteiger partial charge is 0.496 e. The maximum Gasteiger partial charge on any atom is 0.328 e. The van der Waals surface area contributed by atoms with Crippen LogP contribution in [0.2, 0.25) is 0 Å². The number of hydrogen-bond donors (Lipinski definition) is 2. The van der Waals surface area contributed by atoms with E-state index in [0.29, 0.717) is 22.8 Å². The van der Waals surface area contributed by atoms with Crippen LogP contribution in [0.5, 0.6) is 11.5 Å². The van der Waals surface area contributed by atoms with Crippen molar-refractivity contribution in [3.8, 4) is 22.6 Å². The number of carbonyl (C=O) groups excluding carboxylic acids is 2. The highest BCUT2D eigenvalue weighted by Crippen LogP contribution is 2.39. The molecule has 1 fully saturated rings. The smallest absolute Gasteiger partial charge is 0.328 e. The average molecular weight is 531 g/mol. The third-order valence-electron chi connectivity index (χ3n) is 6.25. The van der Waals surface area contributed by atoms with Crippen LogP contribution in [0.25, 0.3) is 11.1 Å². The fourth-order valence-electron chi connectivity index (χ4n) is 4.32. The van der Waals surface area contributed by atoms with Crippen molar-refractivity contribution >= 4 is 29.4 Å². The van der Waals surface area contributed by atoms with Gasteiger partial charge in [0.2, 0.25) is 0 Å². The Morgan fingerprint density at radius 3 is 2.16 bits per heavy atom. The summed E-state index contributed by atoms with van der Waals surface area (Å²) >= 11 is 1.85. The SMILES string of the molecule is CON=C(C(=O)N[C@@H](Cc1ccc(-c2c(OC)cc(CO)cc2OC)cc1)C(=O)OC)C1CCSCC1. The molecule has 1 amide bonds. The molecule has 1 saturated heterocycles. The van der Waals surface area contributed by atoms with Gasteiger partial charge in [0, 0.05) is 12.3 Å². The van der Waals surface area contributed by atoms with Crippen molar-refractivity contribution in [2.75, 3.05) is 39.9 Å². The lowest BCUT2D eigenvalue weighted by molar-refractivity contribution is -0.144. The zero-order chi connectivity index (χ0) is 26.8. The van der Waals surface area contributed by atoms with Gasteiger partial charge in [-0.2, -0.15) is 11.8 Å². The molecule has 1 aliphatic rings. The lowest BCUT2D eigenvalue weighted by Crippen LogP contribution is -2.47. The summed E-state index contributed by atoms with van der Waals surface area (Å²) in [6, 6.07) is 10.2. The molecule has 2 aromatic rings. The Kier molecular flexibility index (Phi) is 10.6. The molecule has 0 unspecified atom stereocenters. The number of esters is 1. The van der Waals surface area contributed by atoms with Crippen molar-refractivity contribution in [1.29, 1.82) is 0 Å². The van der Waals surface area contributed by atoms with E-state index in [-0.39, 0.29) is 18.9 Å². The molecule has 1 aliphatic heterocycles. The van der Waals surface area contributed by atoms with E-state index in [0.717, 1.165) is 41.0 Å². The van der Waals surface area contributed by atoms with Gasteiger partial charge in [-0.05, 0) is 53.2 Å². The van der Waals surface area contributed by atoms with Crippen LogP contribution in [0.4, 0.5) is 0 Å². The van der Waals surface area contributed by atoms with Crippen LogP contribution in [-0.2, 0) is 32.2 Å². The molecule has 0 spiro atoms. The van der Waals surface area contributed by atoms with Crippen LogP contribution in [0.15, 0.2) is 41.6 Å².